The van der Waals surface area contributed by atoms with Gasteiger partial charge in [-0.3, -0.25) is 9.59 Å². The minimum absolute atomic E-state index is 0.0866. The zero-order chi connectivity index (χ0) is 20.5. The average molecular weight is 386 g/mol. The van der Waals surface area contributed by atoms with Crippen molar-refractivity contribution in [3.05, 3.63) is 108 Å². The molecule has 3 aromatic rings. The Morgan fingerprint density at radius 3 is 1.72 bits per heavy atom. The third-order valence-corrected chi connectivity index (χ3v) is 5.13. The summed E-state index contributed by atoms with van der Waals surface area (Å²) in [5.41, 5.74) is 2.53. The molecule has 0 saturated heterocycles. The van der Waals surface area contributed by atoms with Crippen LogP contribution in [0.3, 0.4) is 0 Å². The molecular weight excluding hydrogens is 360 g/mol. The number of hydrogen-bond acceptors (Lipinski definition) is 2. The summed E-state index contributed by atoms with van der Waals surface area (Å²) in [6, 6.07) is 29.3. The Morgan fingerprint density at radius 1 is 0.724 bits per heavy atom. The van der Waals surface area contributed by atoms with Gasteiger partial charge >= 0.3 is 0 Å². The second-order valence-electron chi connectivity index (χ2n) is 7.21. The lowest BCUT2D eigenvalue weighted by Crippen LogP contribution is -2.40. The van der Waals surface area contributed by atoms with Gasteiger partial charge in [0.1, 0.15) is 0 Å². The molecule has 0 aliphatic rings. The van der Waals surface area contributed by atoms with Gasteiger partial charge in [0.2, 0.25) is 5.91 Å². The second-order valence-corrected chi connectivity index (χ2v) is 7.21. The number of rotatable bonds is 8. The summed E-state index contributed by atoms with van der Waals surface area (Å²) >= 11 is 0. The van der Waals surface area contributed by atoms with E-state index >= 15 is 0 Å². The summed E-state index contributed by atoms with van der Waals surface area (Å²) in [5.74, 6) is -0.256. The predicted octanol–water partition coefficient (Wildman–Crippen LogP) is 3.93. The van der Waals surface area contributed by atoms with Gasteiger partial charge < -0.3 is 10.6 Å². The summed E-state index contributed by atoms with van der Waals surface area (Å²) in [6.45, 7) is 2.91. The van der Waals surface area contributed by atoms with E-state index in [9.17, 15) is 9.59 Å². The van der Waals surface area contributed by atoms with Crippen LogP contribution in [-0.4, -0.2) is 24.9 Å². The first-order chi connectivity index (χ1) is 14.1. The van der Waals surface area contributed by atoms with E-state index in [4.69, 9.17) is 0 Å². The molecule has 0 unspecified atom stereocenters. The van der Waals surface area contributed by atoms with Gasteiger partial charge in [0.25, 0.3) is 5.91 Å². The number of carbonyl (C=O) groups excluding carboxylic acids is 2. The molecule has 0 aliphatic carbocycles. The molecule has 0 heterocycles. The van der Waals surface area contributed by atoms with Crippen LogP contribution in [0.5, 0.6) is 0 Å². The van der Waals surface area contributed by atoms with Crippen LogP contribution in [0, 0.1) is 0 Å². The van der Waals surface area contributed by atoms with Gasteiger partial charge in [0.05, 0.1) is 0 Å². The molecule has 0 bridgehead atoms. The van der Waals surface area contributed by atoms with Crippen molar-refractivity contribution < 1.29 is 9.59 Å². The molecular formula is C25H26N2O2. The summed E-state index contributed by atoms with van der Waals surface area (Å²) in [5, 5.41) is 5.83. The number of hydrogen-bond donors (Lipinski definition) is 2. The highest BCUT2D eigenvalue weighted by Gasteiger charge is 2.29. The van der Waals surface area contributed by atoms with Gasteiger partial charge in [-0.2, -0.15) is 0 Å². The number of amides is 2. The largest absolute Gasteiger partial charge is 0.355 e. The van der Waals surface area contributed by atoms with Gasteiger partial charge in [0, 0.05) is 30.5 Å². The molecule has 3 aromatic carbocycles. The molecule has 29 heavy (non-hydrogen) atoms. The van der Waals surface area contributed by atoms with Crippen LogP contribution in [0.25, 0.3) is 0 Å². The molecule has 148 valence electrons. The van der Waals surface area contributed by atoms with Crippen LogP contribution in [0.15, 0.2) is 91.0 Å². The van der Waals surface area contributed by atoms with Crippen molar-refractivity contribution in [3.8, 4) is 0 Å². The molecule has 0 fully saturated rings. The second kappa shape index (κ2) is 9.69. The van der Waals surface area contributed by atoms with Gasteiger partial charge in [-0.25, -0.2) is 0 Å². The molecule has 0 saturated carbocycles. The Balaban J connectivity index is 1.58. The Bertz CT molecular complexity index is 885. The number of benzene rings is 3. The van der Waals surface area contributed by atoms with E-state index in [2.05, 4.69) is 41.8 Å². The SMILES string of the molecule is CC(CNC(=O)CCNC(=O)c1ccccc1)(c1ccccc1)c1ccccc1. The van der Waals surface area contributed by atoms with Crippen LogP contribution >= 0.6 is 0 Å². The highest BCUT2D eigenvalue weighted by atomic mass is 16.2. The molecule has 0 radical (unpaired) electrons. The fraction of sp³-hybridized carbons (Fsp3) is 0.200. The third-order valence-electron chi connectivity index (χ3n) is 5.13. The van der Waals surface area contributed by atoms with Crippen LogP contribution in [0.2, 0.25) is 0 Å². The topological polar surface area (TPSA) is 58.2 Å². The lowest BCUT2D eigenvalue weighted by molar-refractivity contribution is -0.121. The Kier molecular flexibility index (Phi) is 6.80. The maximum Gasteiger partial charge on any atom is 0.251 e. The molecule has 0 aliphatic heterocycles. The fourth-order valence-corrected chi connectivity index (χ4v) is 3.33. The first-order valence-electron chi connectivity index (χ1n) is 9.80. The van der Waals surface area contributed by atoms with Gasteiger partial charge in [-0.15, -0.1) is 0 Å². The highest BCUT2D eigenvalue weighted by molar-refractivity contribution is 5.94. The predicted molar refractivity (Wildman–Crippen MR) is 116 cm³/mol. The van der Waals surface area contributed by atoms with E-state index in [1.165, 1.54) is 0 Å². The number of carbonyl (C=O) groups is 2. The molecule has 3 rings (SSSR count). The molecule has 0 atom stereocenters. The van der Waals surface area contributed by atoms with E-state index in [0.29, 0.717) is 18.7 Å². The van der Waals surface area contributed by atoms with Crippen molar-refractivity contribution in [3.63, 3.8) is 0 Å². The summed E-state index contributed by atoms with van der Waals surface area (Å²) in [6.07, 6.45) is 0.234. The van der Waals surface area contributed by atoms with Gasteiger partial charge in [-0.1, -0.05) is 78.9 Å². The van der Waals surface area contributed by atoms with Crippen molar-refractivity contribution in [2.45, 2.75) is 18.8 Å². The maximum atomic E-state index is 12.4. The van der Waals surface area contributed by atoms with E-state index in [1.54, 1.807) is 12.1 Å². The first-order valence-corrected chi connectivity index (χ1v) is 9.80. The fourth-order valence-electron chi connectivity index (χ4n) is 3.33. The normalized spacial score (nSPS) is 10.9. The lowest BCUT2D eigenvalue weighted by Gasteiger charge is -2.31. The zero-order valence-electron chi connectivity index (χ0n) is 16.6. The standard InChI is InChI=1S/C25H26N2O2/c1-25(21-13-7-3-8-14-21,22-15-9-4-10-16-22)19-27-23(28)17-18-26-24(29)20-11-5-2-6-12-20/h2-16H,17-19H2,1H3,(H,26,29)(H,27,28). The Hall–Kier alpha value is -3.40. The Morgan fingerprint density at radius 2 is 1.21 bits per heavy atom. The first kappa shape index (κ1) is 20.3. The third kappa shape index (κ3) is 5.32. The lowest BCUT2D eigenvalue weighted by atomic mass is 9.76. The van der Waals surface area contributed by atoms with Crippen molar-refractivity contribution in [2.75, 3.05) is 13.1 Å². The molecule has 2 amide bonds. The summed E-state index contributed by atoms with van der Waals surface area (Å²) < 4.78 is 0. The van der Waals surface area contributed by atoms with Crippen molar-refractivity contribution in [2.24, 2.45) is 0 Å². The summed E-state index contributed by atoms with van der Waals surface area (Å²) in [4.78, 5) is 24.5. The van der Waals surface area contributed by atoms with Gasteiger partial charge in [-0.05, 0) is 30.2 Å². The maximum absolute atomic E-state index is 12.4. The summed E-state index contributed by atoms with van der Waals surface area (Å²) in [7, 11) is 0. The van der Waals surface area contributed by atoms with Crippen LogP contribution in [-0.2, 0) is 10.2 Å². The van der Waals surface area contributed by atoms with Crippen LogP contribution < -0.4 is 10.6 Å². The van der Waals surface area contributed by atoms with Crippen molar-refractivity contribution >= 4 is 11.8 Å². The van der Waals surface area contributed by atoms with E-state index in [0.717, 1.165) is 11.1 Å². The Labute approximate surface area is 172 Å². The van der Waals surface area contributed by atoms with Crippen LogP contribution in [0.4, 0.5) is 0 Å². The molecule has 0 aromatic heterocycles. The monoisotopic (exact) mass is 386 g/mol. The zero-order valence-corrected chi connectivity index (χ0v) is 16.6. The van der Waals surface area contributed by atoms with Crippen LogP contribution in [0.1, 0.15) is 34.8 Å². The molecule has 4 heteroatoms. The molecule has 4 nitrogen and oxygen atoms in total. The quantitative estimate of drug-likeness (QED) is 0.616. The van der Waals surface area contributed by atoms with Crippen molar-refractivity contribution in [1.29, 1.82) is 0 Å². The molecule has 0 spiro atoms. The average Bonchev–Trinajstić information content (AvgIpc) is 2.79. The smallest absolute Gasteiger partial charge is 0.251 e. The van der Waals surface area contributed by atoms with E-state index in [1.807, 2.05) is 54.6 Å². The minimum atomic E-state index is -0.342. The van der Waals surface area contributed by atoms with Crippen molar-refractivity contribution in [1.82, 2.24) is 10.6 Å². The molecule has 2 N–H and O–H groups in total. The highest BCUT2D eigenvalue weighted by Crippen LogP contribution is 2.31. The van der Waals surface area contributed by atoms with E-state index in [-0.39, 0.29) is 23.7 Å². The number of nitrogens with one attached hydrogen (secondary N) is 2. The van der Waals surface area contributed by atoms with E-state index < -0.39 is 0 Å². The minimum Gasteiger partial charge on any atom is -0.355 e. The van der Waals surface area contributed by atoms with Gasteiger partial charge in [0.15, 0.2) is 0 Å².